The van der Waals surface area contributed by atoms with Crippen molar-refractivity contribution in [3.8, 4) is 11.4 Å². The molecule has 0 fully saturated rings. The zero-order chi connectivity index (χ0) is 20.1. The lowest BCUT2D eigenvalue weighted by molar-refractivity contribution is -0.137. The van der Waals surface area contributed by atoms with Gasteiger partial charge < -0.3 is 9.84 Å². The van der Waals surface area contributed by atoms with Gasteiger partial charge in [-0.25, -0.2) is 0 Å². The number of carbonyl (C=O) groups is 1. The number of nitrogens with one attached hydrogen (secondary N) is 1. The number of halogens is 3. The zero-order valence-corrected chi connectivity index (χ0v) is 15.0. The Morgan fingerprint density at radius 1 is 1.14 bits per heavy atom. The number of aromatic nitrogens is 2. The first-order valence-corrected chi connectivity index (χ1v) is 8.67. The van der Waals surface area contributed by atoms with Gasteiger partial charge in [0.2, 0.25) is 17.6 Å². The van der Waals surface area contributed by atoms with Crippen molar-refractivity contribution in [2.75, 3.05) is 0 Å². The van der Waals surface area contributed by atoms with Crippen LogP contribution in [0.1, 0.15) is 36.4 Å². The summed E-state index contributed by atoms with van der Waals surface area (Å²) in [5.41, 5.74) is 0.401. The SMILES string of the molecule is CC(NC(=O)CCc1nc(-c2cccc(C(F)(F)F)c2)no1)c1ccccc1. The molecule has 1 aromatic heterocycles. The predicted octanol–water partition coefficient (Wildman–Crippen LogP) is 4.57. The average Bonchev–Trinajstić information content (AvgIpc) is 3.16. The van der Waals surface area contributed by atoms with Gasteiger partial charge in [0.1, 0.15) is 0 Å². The van der Waals surface area contributed by atoms with Crippen molar-refractivity contribution in [2.24, 2.45) is 0 Å². The number of hydrogen-bond acceptors (Lipinski definition) is 4. The van der Waals surface area contributed by atoms with Crippen molar-refractivity contribution in [2.45, 2.75) is 32.0 Å². The molecule has 5 nitrogen and oxygen atoms in total. The first-order chi connectivity index (χ1) is 13.3. The van der Waals surface area contributed by atoms with Gasteiger partial charge in [0.25, 0.3) is 0 Å². The molecule has 1 N–H and O–H groups in total. The van der Waals surface area contributed by atoms with E-state index in [0.717, 1.165) is 17.7 Å². The lowest BCUT2D eigenvalue weighted by Crippen LogP contribution is -2.26. The molecule has 0 spiro atoms. The molecule has 146 valence electrons. The van der Waals surface area contributed by atoms with Gasteiger partial charge in [-0.2, -0.15) is 18.2 Å². The summed E-state index contributed by atoms with van der Waals surface area (Å²) in [6.07, 6.45) is -4.13. The molecule has 0 aliphatic carbocycles. The van der Waals surface area contributed by atoms with Gasteiger partial charge in [-0.3, -0.25) is 4.79 Å². The quantitative estimate of drug-likeness (QED) is 0.671. The van der Waals surface area contributed by atoms with E-state index in [4.69, 9.17) is 4.52 Å². The van der Waals surface area contributed by atoms with Crippen LogP contribution in [-0.4, -0.2) is 16.0 Å². The van der Waals surface area contributed by atoms with Gasteiger partial charge in [-0.15, -0.1) is 0 Å². The van der Waals surface area contributed by atoms with E-state index in [1.165, 1.54) is 12.1 Å². The van der Waals surface area contributed by atoms with Crippen molar-refractivity contribution in [3.05, 3.63) is 71.6 Å². The number of nitrogens with zero attached hydrogens (tertiary/aromatic N) is 2. The Bertz CT molecular complexity index is 939. The minimum atomic E-state index is -4.45. The maximum Gasteiger partial charge on any atom is 0.416 e. The summed E-state index contributed by atoms with van der Waals surface area (Å²) in [6.45, 7) is 1.88. The molecule has 0 aliphatic heterocycles. The van der Waals surface area contributed by atoms with Crippen LogP contribution in [0.4, 0.5) is 13.2 Å². The second-order valence-electron chi connectivity index (χ2n) is 6.29. The van der Waals surface area contributed by atoms with Crippen LogP contribution in [0.5, 0.6) is 0 Å². The molecule has 1 heterocycles. The number of alkyl halides is 3. The summed E-state index contributed by atoms with van der Waals surface area (Å²) >= 11 is 0. The molecule has 0 bridgehead atoms. The largest absolute Gasteiger partial charge is 0.416 e. The minimum absolute atomic E-state index is 0.0548. The number of benzene rings is 2. The lowest BCUT2D eigenvalue weighted by Gasteiger charge is -2.13. The maximum atomic E-state index is 12.8. The fraction of sp³-hybridized carbons (Fsp3) is 0.250. The van der Waals surface area contributed by atoms with E-state index in [2.05, 4.69) is 15.5 Å². The van der Waals surface area contributed by atoms with Gasteiger partial charge >= 0.3 is 6.18 Å². The summed E-state index contributed by atoms with van der Waals surface area (Å²) in [4.78, 5) is 16.2. The van der Waals surface area contributed by atoms with Gasteiger partial charge in [0.15, 0.2) is 0 Å². The third-order valence-electron chi connectivity index (χ3n) is 4.16. The molecule has 8 heteroatoms. The first-order valence-electron chi connectivity index (χ1n) is 8.67. The molecule has 28 heavy (non-hydrogen) atoms. The summed E-state index contributed by atoms with van der Waals surface area (Å²) in [7, 11) is 0. The highest BCUT2D eigenvalue weighted by atomic mass is 19.4. The fourth-order valence-electron chi connectivity index (χ4n) is 2.67. The summed E-state index contributed by atoms with van der Waals surface area (Å²) in [6, 6.07) is 14.1. The highest BCUT2D eigenvalue weighted by Crippen LogP contribution is 2.31. The van der Waals surface area contributed by atoms with E-state index in [0.29, 0.717) is 0 Å². The minimum Gasteiger partial charge on any atom is -0.350 e. The Morgan fingerprint density at radius 3 is 2.61 bits per heavy atom. The van der Waals surface area contributed by atoms with Crippen molar-refractivity contribution in [1.82, 2.24) is 15.5 Å². The Labute approximate surface area is 159 Å². The molecule has 3 aromatic rings. The molecule has 0 saturated heterocycles. The van der Waals surface area contributed by atoms with Gasteiger partial charge in [0.05, 0.1) is 11.6 Å². The molecule has 1 amide bonds. The van der Waals surface area contributed by atoms with Crippen LogP contribution in [0, 0.1) is 0 Å². The van der Waals surface area contributed by atoms with Gasteiger partial charge in [-0.05, 0) is 24.6 Å². The van der Waals surface area contributed by atoms with E-state index in [-0.39, 0.29) is 42.1 Å². The van der Waals surface area contributed by atoms with E-state index in [9.17, 15) is 18.0 Å². The van der Waals surface area contributed by atoms with Crippen LogP contribution in [0.25, 0.3) is 11.4 Å². The molecule has 1 atom stereocenters. The van der Waals surface area contributed by atoms with Crippen molar-refractivity contribution < 1.29 is 22.5 Å². The van der Waals surface area contributed by atoms with E-state index >= 15 is 0 Å². The Morgan fingerprint density at radius 2 is 1.89 bits per heavy atom. The molecule has 0 saturated carbocycles. The second-order valence-corrected chi connectivity index (χ2v) is 6.29. The standard InChI is InChI=1S/C20H18F3N3O2/c1-13(14-6-3-2-4-7-14)24-17(27)10-11-18-25-19(26-28-18)15-8-5-9-16(12-15)20(21,22)23/h2-9,12-13H,10-11H2,1H3,(H,24,27). The number of carbonyl (C=O) groups excluding carboxylic acids is 1. The zero-order valence-electron chi connectivity index (χ0n) is 15.0. The predicted molar refractivity (Wildman–Crippen MR) is 96.1 cm³/mol. The number of aryl methyl sites for hydroxylation is 1. The van der Waals surface area contributed by atoms with Crippen LogP contribution in [0.15, 0.2) is 59.1 Å². The first kappa shape index (κ1) is 19.6. The number of hydrogen-bond donors (Lipinski definition) is 1. The number of amides is 1. The Hall–Kier alpha value is -3.16. The van der Waals surface area contributed by atoms with Gasteiger partial charge in [-0.1, -0.05) is 47.6 Å². The van der Waals surface area contributed by atoms with Crippen molar-refractivity contribution in [3.63, 3.8) is 0 Å². The van der Waals surface area contributed by atoms with E-state index < -0.39 is 11.7 Å². The fourth-order valence-corrected chi connectivity index (χ4v) is 2.67. The highest BCUT2D eigenvalue weighted by molar-refractivity contribution is 5.76. The molecular formula is C20H18F3N3O2. The van der Waals surface area contributed by atoms with Crippen molar-refractivity contribution >= 4 is 5.91 Å². The smallest absolute Gasteiger partial charge is 0.350 e. The molecule has 1 unspecified atom stereocenters. The maximum absolute atomic E-state index is 12.8. The molecular weight excluding hydrogens is 371 g/mol. The van der Waals surface area contributed by atoms with Crippen LogP contribution in [0.2, 0.25) is 0 Å². The van der Waals surface area contributed by atoms with Crippen LogP contribution < -0.4 is 5.32 Å². The Kier molecular flexibility index (Phi) is 5.77. The molecule has 2 aromatic carbocycles. The van der Waals surface area contributed by atoms with Crippen molar-refractivity contribution in [1.29, 1.82) is 0 Å². The summed E-state index contributed by atoms with van der Waals surface area (Å²) < 4.78 is 43.5. The third kappa shape index (κ3) is 4.97. The normalized spacial score (nSPS) is 12.6. The van der Waals surface area contributed by atoms with Crippen LogP contribution >= 0.6 is 0 Å². The topological polar surface area (TPSA) is 68.0 Å². The summed E-state index contributed by atoms with van der Waals surface area (Å²) in [5, 5.41) is 6.59. The van der Waals surface area contributed by atoms with E-state index in [1.807, 2.05) is 37.3 Å². The molecule has 3 rings (SSSR count). The third-order valence-corrected chi connectivity index (χ3v) is 4.16. The highest BCUT2D eigenvalue weighted by Gasteiger charge is 2.30. The average molecular weight is 389 g/mol. The lowest BCUT2D eigenvalue weighted by atomic mass is 10.1. The van der Waals surface area contributed by atoms with Crippen LogP contribution in [0.3, 0.4) is 0 Å². The summed E-state index contributed by atoms with van der Waals surface area (Å²) in [5.74, 6) is 0.0595. The molecule has 0 radical (unpaired) electrons. The number of rotatable bonds is 6. The second kappa shape index (κ2) is 8.24. The van der Waals surface area contributed by atoms with Crippen LogP contribution in [-0.2, 0) is 17.4 Å². The Balaban J connectivity index is 1.58. The van der Waals surface area contributed by atoms with Gasteiger partial charge in [0, 0.05) is 18.4 Å². The van der Waals surface area contributed by atoms with E-state index in [1.54, 1.807) is 0 Å². The monoisotopic (exact) mass is 389 g/mol. The molecule has 0 aliphatic rings.